The molecular weight excluding hydrogens is 476 g/mol. The molecule has 0 aliphatic carbocycles. The second-order valence-electron chi connectivity index (χ2n) is 6.72. The Morgan fingerprint density at radius 3 is 2.62 bits per heavy atom. The van der Waals surface area contributed by atoms with Gasteiger partial charge in [0.15, 0.2) is 10.6 Å². The minimum absolute atomic E-state index is 0.0468. The van der Waals surface area contributed by atoms with E-state index in [1.807, 2.05) is 36.6 Å². The lowest BCUT2D eigenvalue weighted by Crippen LogP contribution is -2.29. The highest BCUT2D eigenvalue weighted by Crippen LogP contribution is 2.42. The van der Waals surface area contributed by atoms with Crippen LogP contribution in [0.5, 0.6) is 0 Å². The molecule has 0 fully saturated rings. The predicted octanol–water partition coefficient (Wildman–Crippen LogP) is 5.72. The number of hydrogen-bond acceptors (Lipinski definition) is 5. The zero-order valence-corrected chi connectivity index (χ0v) is 18.1. The first kappa shape index (κ1) is 18.5. The van der Waals surface area contributed by atoms with Crippen LogP contribution in [0.1, 0.15) is 33.4 Å². The zero-order chi connectivity index (χ0) is 20.3. The molecule has 1 atom stereocenters. The lowest BCUT2D eigenvalue weighted by atomic mass is 9.99. The van der Waals surface area contributed by atoms with Crippen molar-refractivity contribution in [1.82, 2.24) is 4.98 Å². The molecular formula is C21H12BrClN2O3S. The second-order valence-corrected chi connectivity index (χ2v) is 8.90. The third-order valence-electron chi connectivity index (χ3n) is 4.83. The van der Waals surface area contributed by atoms with E-state index in [0.717, 1.165) is 15.7 Å². The van der Waals surface area contributed by atoms with E-state index in [1.165, 1.54) is 16.2 Å². The first-order chi connectivity index (χ1) is 13.9. The summed E-state index contributed by atoms with van der Waals surface area (Å²) in [7, 11) is 0. The van der Waals surface area contributed by atoms with Crippen LogP contribution in [-0.4, -0.2) is 10.9 Å². The summed E-state index contributed by atoms with van der Waals surface area (Å²) < 4.78 is 6.81. The molecule has 0 spiro atoms. The number of rotatable bonds is 2. The molecule has 0 saturated carbocycles. The van der Waals surface area contributed by atoms with Crippen LogP contribution in [0.25, 0.3) is 11.0 Å². The van der Waals surface area contributed by atoms with Gasteiger partial charge in [-0.2, -0.15) is 0 Å². The van der Waals surface area contributed by atoms with E-state index in [2.05, 4.69) is 20.9 Å². The Morgan fingerprint density at radius 1 is 1.17 bits per heavy atom. The van der Waals surface area contributed by atoms with Crippen LogP contribution in [0.15, 0.2) is 61.5 Å². The summed E-state index contributed by atoms with van der Waals surface area (Å²) in [5.41, 5.74) is 1.97. The van der Waals surface area contributed by atoms with Crippen molar-refractivity contribution in [3.63, 3.8) is 0 Å². The Balaban J connectivity index is 1.83. The molecule has 0 N–H and O–H groups in total. The van der Waals surface area contributed by atoms with Gasteiger partial charge in [-0.3, -0.25) is 14.5 Å². The topological polar surface area (TPSA) is 63.4 Å². The maximum absolute atomic E-state index is 13.4. The number of amides is 1. The monoisotopic (exact) mass is 486 g/mol. The number of aryl methyl sites for hydroxylation is 1. The predicted molar refractivity (Wildman–Crippen MR) is 117 cm³/mol. The summed E-state index contributed by atoms with van der Waals surface area (Å²) in [5, 5.41) is 3.17. The van der Waals surface area contributed by atoms with Gasteiger partial charge in [-0.15, -0.1) is 11.3 Å². The third kappa shape index (κ3) is 2.92. The Hall–Kier alpha value is -2.48. The number of carbonyl (C=O) groups excluding carboxylic acids is 1. The number of anilines is 1. The fraction of sp³-hybridized carbons (Fsp3) is 0.0952. The van der Waals surface area contributed by atoms with Crippen molar-refractivity contribution in [2.24, 2.45) is 0 Å². The number of halogens is 2. The Labute approximate surface area is 182 Å². The smallest absolute Gasteiger partial charge is 0.297 e. The molecule has 5 nitrogen and oxygen atoms in total. The van der Waals surface area contributed by atoms with Crippen molar-refractivity contribution < 1.29 is 9.21 Å². The van der Waals surface area contributed by atoms with E-state index < -0.39 is 6.04 Å². The largest absolute Gasteiger partial charge is 0.450 e. The van der Waals surface area contributed by atoms with Crippen LogP contribution in [0, 0.1) is 6.92 Å². The minimum atomic E-state index is -0.629. The zero-order valence-electron chi connectivity index (χ0n) is 15.0. The standard InChI is InChI=1S/C21H12BrClN2O3S/c1-10-9-29-21(24-10)25-17(11-2-4-12(22)5-3-11)16-18(26)14-8-13(23)6-7-15(14)28-19(16)20(25)27/h2-9,17H,1H3. The molecule has 0 bridgehead atoms. The molecule has 5 rings (SSSR count). The lowest BCUT2D eigenvalue weighted by molar-refractivity contribution is 0.0971. The molecule has 1 aliphatic rings. The average molecular weight is 488 g/mol. The summed E-state index contributed by atoms with van der Waals surface area (Å²) in [6, 6.07) is 11.7. The minimum Gasteiger partial charge on any atom is -0.450 e. The number of benzene rings is 2. The van der Waals surface area contributed by atoms with Crippen molar-refractivity contribution in [2.75, 3.05) is 4.90 Å². The summed E-state index contributed by atoms with van der Waals surface area (Å²) >= 11 is 10.9. The summed E-state index contributed by atoms with van der Waals surface area (Å²) in [4.78, 5) is 32.8. The third-order valence-corrected chi connectivity index (χ3v) is 6.55. The van der Waals surface area contributed by atoms with Gasteiger partial charge in [-0.25, -0.2) is 4.98 Å². The van der Waals surface area contributed by atoms with Crippen LogP contribution in [0.3, 0.4) is 0 Å². The fourth-order valence-electron chi connectivity index (χ4n) is 3.56. The number of hydrogen-bond donors (Lipinski definition) is 0. The van der Waals surface area contributed by atoms with Crippen LogP contribution < -0.4 is 10.3 Å². The molecule has 2 aromatic heterocycles. The summed E-state index contributed by atoms with van der Waals surface area (Å²) in [6.07, 6.45) is 0. The summed E-state index contributed by atoms with van der Waals surface area (Å²) in [6.45, 7) is 1.86. The van der Waals surface area contributed by atoms with Crippen molar-refractivity contribution in [2.45, 2.75) is 13.0 Å². The van der Waals surface area contributed by atoms with E-state index >= 15 is 0 Å². The van der Waals surface area contributed by atoms with Gasteiger partial charge < -0.3 is 4.42 Å². The van der Waals surface area contributed by atoms with E-state index in [-0.39, 0.29) is 17.1 Å². The van der Waals surface area contributed by atoms with Gasteiger partial charge in [0.25, 0.3) is 5.91 Å². The van der Waals surface area contributed by atoms with Gasteiger partial charge in [0.1, 0.15) is 5.58 Å². The molecule has 1 amide bonds. The second kappa shape index (κ2) is 6.79. The normalized spacial score (nSPS) is 15.9. The number of aromatic nitrogens is 1. The van der Waals surface area contributed by atoms with Crippen LogP contribution >= 0.6 is 38.9 Å². The molecule has 3 heterocycles. The maximum Gasteiger partial charge on any atom is 0.297 e. The first-order valence-corrected chi connectivity index (χ1v) is 10.8. The molecule has 4 aromatic rings. The van der Waals surface area contributed by atoms with Crippen molar-refractivity contribution >= 4 is 60.9 Å². The van der Waals surface area contributed by atoms with Gasteiger partial charge >= 0.3 is 0 Å². The van der Waals surface area contributed by atoms with Gasteiger partial charge in [0.2, 0.25) is 5.76 Å². The van der Waals surface area contributed by atoms with E-state index in [0.29, 0.717) is 26.7 Å². The molecule has 1 aliphatic heterocycles. The fourth-order valence-corrected chi connectivity index (χ4v) is 4.82. The first-order valence-electron chi connectivity index (χ1n) is 8.71. The van der Waals surface area contributed by atoms with Crippen LogP contribution in [0.4, 0.5) is 5.13 Å². The molecule has 29 heavy (non-hydrogen) atoms. The Kier molecular flexibility index (Phi) is 4.34. The summed E-state index contributed by atoms with van der Waals surface area (Å²) in [5.74, 6) is -0.332. The molecule has 0 radical (unpaired) electrons. The quantitative estimate of drug-likeness (QED) is 0.362. The van der Waals surface area contributed by atoms with E-state index in [9.17, 15) is 9.59 Å². The van der Waals surface area contributed by atoms with Crippen LogP contribution in [-0.2, 0) is 0 Å². The SMILES string of the molecule is Cc1csc(N2C(=O)c3oc4ccc(Cl)cc4c(=O)c3C2c2ccc(Br)cc2)n1. The molecule has 8 heteroatoms. The van der Waals surface area contributed by atoms with Gasteiger partial charge in [0.05, 0.1) is 22.7 Å². The molecule has 0 saturated heterocycles. The van der Waals surface area contributed by atoms with Crippen LogP contribution in [0.2, 0.25) is 5.02 Å². The number of thiazole rings is 1. The Bertz CT molecular complexity index is 1350. The number of carbonyl (C=O) groups is 1. The lowest BCUT2D eigenvalue weighted by Gasteiger charge is -2.22. The average Bonchev–Trinajstić information content (AvgIpc) is 3.25. The highest BCUT2D eigenvalue weighted by molar-refractivity contribution is 9.10. The highest BCUT2D eigenvalue weighted by Gasteiger charge is 2.44. The van der Waals surface area contributed by atoms with Crippen molar-refractivity contribution in [3.05, 3.63) is 90.1 Å². The van der Waals surface area contributed by atoms with E-state index in [4.69, 9.17) is 16.0 Å². The highest BCUT2D eigenvalue weighted by atomic mass is 79.9. The van der Waals surface area contributed by atoms with E-state index in [1.54, 1.807) is 18.2 Å². The van der Waals surface area contributed by atoms with Gasteiger partial charge in [0, 0.05) is 14.9 Å². The molecule has 144 valence electrons. The molecule has 2 aromatic carbocycles. The molecule has 1 unspecified atom stereocenters. The maximum atomic E-state index is 13.4. The number of nitrogens with zero attached hydrogens (tertiary/aromatic N) is 2. The van der Waals surface area contributed by atoms with Gasteiger partial charge in [-0.1, -0.05) is 39.7 Å². The Morgan fingerprint density at radius 2 is 1.93 bits per heavy atom. The number of fused-ring (bicyclic) bond motifs is 2. The van der Waals surface area contributed by atoms with Crippen molar-refractivity contribution in [1.29, 1.82) is 0 Å². The van der Waals surface area contributed by atoms with Crippen molar-refractivity contribution in [3.8, 4) is 0 Å². The van der Waals surface area contributed by atoms with Gasteiger partial charge in [-0.05, 0) is 42.8 Å².